The number of hydrogen-bond acceptors (Lipinski definition) is 3. The van der Waals surface area contributed by atoms with Gasteiger partial charge in [0.25, 0.3) is 0 Å². The second kappa shape index (κ2) is 5.22. The standard InChI is InChI=1S/C16H19N3/c1-10-5-6-15(11(2)7-10)18-19-16-12(3)8-14(17)9-13(16)4/h5-9H,17H2,1-4H3. The van der Waals surface area contributed by atoms with Gasteiger partial charge in [-0.2, -0.15) is 5.11 Å². The van der Waals surface area contributed by atoms with E-state index < -0.39 is 0 Å². The summed E-state index contributed by atoms with van der Waals surface area (Å²) in [5.41, 5.74) is 12.8. The third-order valence-electron chi connectivity index (χ3n) is 3.12. The minimum atomic E-state index is 0.764. The molecule has 0 unspecified atom stereocenters. The van der Waals surface area contributed by atoms with E-state index in [2.05, 4.69) is 23.2 Å². The summed E-state index contributed by atoms with van der Waals surface area (Å²) in [4.78, 5) is 0. The lowest BCUT2D eigenvalue weighted by Gasteiger charge is -2.06. The zero-order valence-electron chi connectivity index (χ0n) is 11.9. The predicted molar refractivity (Wildman–Crippen MR) is 80.4 cm³/mol. The number of azo groups is 1. The fraction of sp³-hybridized carbons (Fsp3) is 0.250. The Bertz CT molecular complexity index is 619. The van der Waals surface area contributed by atoms with Crippen molar-refractivity contribution in [2.75, 3.05) is 5.73 Å². The number of nitrogen functional groups attached to an aromatic ring is 1. The van der Waals surface area contributed by atoms with Gasteiger partial charge in [0.05, 0.1) is 11.4 Å². The summed E-state index contributed by atoms with van der Waals surface area (Å²) in [6, 6.07) is 9.99. The fourth-order valence-corrected chi connectivity index (χ4v) is 2.17. The van der Waals surface area contributed by atoms with Crippen LogP contribution in [0.25, 0.3) is 0 Å². The van der Waals surface area contributed by atoms with Gasteiger partial charge in [0.1, 0.15) is 0 Å². The molecule has 2 aromatic rings. The van der Waals surface area contributed by atoms with Crippen LogP contribution in [0, 0.1) is 27.7 Å². The van der Waals surface area contributed by atoms with Crippen molar-refractivity contribution >= 4 is 17.1 Å². The van der Waals surface area contributed by atoms with Crippen molar-refractivity contribution in [2.24, 2.45) is 10.2 Å². The Morgan fingerprint density at radius 1 is 0.789 bits per heavy atom. The second-order valence-electron chi connectivity index (χ2n) is 4.99. The number of benzene rings is 2. The van der Waals surface area contributed by atoms with Gasteiger partial charge in [-0.3, -0.25) is 0 Å². The third kappa shape index (κ3) is 2.99. The Morgan fingerprint density at radius 2 is 1.42 bits per heavy atom. The molecule has 0 bridgehead atoms. The lowest BCUT2D eigenvalue weighted by atomic mass is 10.1. The first-order valence-electron chi connectivity index (χ1n) is 6.33. The maximum Gasteiger partial charge on any atom is 0.0916 e. The van der Waals surface area contributed by atoms with Crippen LogP contribution in [0.4, 0.5) is 17.1 Å². The van der Waals surface area contributed by atoms with E-state index in [0.29, 0.717) is 0 Å². The van der Waals surface area contributed by atoms with Gasteiger partial charge >= 0.3 is 0 Å². The quantitative estimate of drug-likeness (QED) is 0.599. The zero-order chi connectivity index (χ0) is 14.0. The summed E-state index contributed by atoms with van der Waals surface area (Å²) in [6.07, 6.45) is 0. The SMILES string of the molecule is Cc1ccc(N=Nc2c(C)cc(N)cc2C)c(C)c1. The van der Waals surface area contributed by atoms with E-state index in [0.717, 1.165) is 33.8 Å². The third-order valence-corrected chi connectivity index (χ3v) is 3.12. The molecule has 2 aromatic carbocycles. The van der Waals surface area contributed by atoms with Crippen LogP contribution in [0.15, 0.2) is 40.6 Å². The highest BCUT2D eigenvalue weighted by Gasteiger charge is 2.03. The van der Waals surface area contributed by atoms with Crippen LogP contribution in [0.2, 0.25) is 0 Å². The summed E-state index contributed by atoms with van der Waals surface area (Å²) in [5.74, 6) is 0. The van der Waals surface area contributed by atoms with Gasteiger partial charge in [-0.05, 0) is 62.6 Å². The van der Waals surface area contributed by atoms with Gasteiger partial charge in [-0.15, -0.1) is 5.11 Å². The van der Waals surface area contributed by atoms with E-state index in [9.17, 15) is 0 Å². The minimum absolute atomic E-state index is 0.764. The Kier molecular flexibility index (Phi) is 3.65. The number of anilines is 1. The van der Waals surface area contributed by atoms with Crippen LogP contribution >= 0.6 is 0 Å². The molecule has 19 heavy (non-hydrogen) atoms. The molecule has 0 radical (unpaired) electrons. The average molecular weight is 253 g/mol. The minimum Gasteiger partial charge on any atom is -0.399 e. The maximum absolute atomic E-state index is 5.80. The predicted octanol–water partition coefficient (Wildman–Crippen LogP) is 4.92. The average Bonchev–Trinajstić information content (AvgIpc) is 2.30. The van der Waals surface area contributed by atoms with Crippen molar-refractivity contribution in [2.45, 2.75) is 27.7 Å². The molecule has 3 heteroatoms. The van der Waals surface area contributed by atoms with E-state index in [-0.39, 0.29) is 0 Å². The highest BCUT2D eigenvalue weighted by atomic mass is 15.1. The maximum atomic E-state index is 5.80. The highest BCUT2D eigenvalue weighted by molar-refractivity contribution is 5.59. The first-order chi connectivity index (χ1) is 8.97. The lowest BCUT2D eigenvalue weighted by molar-refractivity contribution is 1.17. The molecule has 0 aliphatic rings. The molecule has 0 atom stereocenters. The van der Waals surface area contributed by atoms with Crippen molar-refractivity contribution in [1.82, 2.24) is 0 Å². The van der Waals surface area contributed by atoms with Crippen LogP contribution in [0.3, 0.4) is 0 Å². The number of nitrogens with zero attached hydrogens (tertiary/aromatic N) is 2. The molecule has 2 N–H and O–H groups in total. The van der Waals surface area contributed by atoms with Crippen LogP contribution in [0.1, 0.15) is 22.3 Å². The smallest absolute Gasteiger partial charge is 0.0916 e. The molecule has 0 aromatic heterocycles. The Balaban J connectivity index is 2.38. The van der Waals surface area contributed by atoms with E-state index >= 15 is 0 Å². The van der Waals surface area contributed by atoms with E-state index in [4.69, 9.17) is 5.73 Å². The monoisotopic (exact) mass is 253 g/mol. The van der Waals surface area contributed by atoms with Crippen molar-refractivity contribution in [3.05, 3.63) is 52.6 Å². The summed E-state index contributed by atoms with van der Waals surface area (Å²) in [7, 11) is 0. The van der Waals surface area contributed by atoms with Crippen molar-refractivity contribution < 1.29 is 0 Å². The molecule has 0 aliphatic carbocycles. The summed E-state index contributed by atoms with van der Waals surface area (Å²) >= 11 is 0. The van der Waals surface area contributed by atoms with Gasteiger partial charge in [0, 0.05) is 5.69 Å². The van der Waals surface area contributed by atoms with Crippen LogP contribution in [0.5, 0.6) is 0 Å². The fourth-order valence-electron chi connectivity index (χ4n) is 2.17. The molecule has 0 aliphatic heterocycles. The first-order valence-corrected chi connectivity index (χ1v) is 6.33. The second-order valence-corrected chi connectivity index (χ2v) is 4.99. The van der Waals surface area contributed by atoms with E-state index in [1.807, 2.05) is 45.0 Å². The normalized spacial score (nSPS) is 11.2. The molecule has 2 rings (SSSR count). The number of hydrogen-bond donors (Lipinski definition) is 1. The van der Waals surface area contributed by atoms with Crippen molar-refractivity contribution in [1.29, 1.82) is 0 Å². The van der Waals surface area contributed by atoms with Crippen LogP contribution in [-0.2, 0) is 0 Å². The van der Waals surface area contributed by atoms with Gasteiger partial charge in [0.15, 0.2) is 0 Å². The van der Waals surface area contributed by atoms with Gasteiger partial charge < -0.3 is 5.73 Å². The molecule has 98 valence electrons. The molecule has 0 heterocycles. The van der Waals surface area contributed by atoms with Gasteiger partial charge in [-0.25, -0.2) is 0 Å². The summed E-state index contributed by atoms with van der Waals surface area (Å²) < 4.78 is 0. The molecule has 3 nitrogen and oxygen atoms in total. The lowest BCUT2D eigenvalue weighted by Crippen LogP contribution is -1.88. The van der Waals surface area contributed by atoms with Crippen molar-refractivity contribution in [3.8, 4) is 0 Å². The molecule has 0 fully saturated rings. The molecular weight excluding hydrogens is 234 g/mol. The highest BCUT2D eigenvalue weighted by Crippen LogP contribution is 2.29. The number of nitrogens with two attached hydrogens (primary N) is 1. The Morgan fingerprint density at radius 3 is 2.00 bits per heavy atom. The molecule has 0 saturated heterocycles. The van der Waals surface area contributed by atoms with Gasteiger partial charge in [0.2, 0.25) is 0 Å². The Hall–Kier alpha value is -2.16. The number of rotatable bonds is 2. The Labute approximate surface area is 114 Å². The topological polar surface area (TPSA) is 50.7 Å². The van der Waals surface area contributed by atoms with E-state index in [1.165, 1.54) is 5.56 Å². The number of aryl methyl sites for hydroxylation is 4. The van der Waals surface area contributed by atoms with E-state index in [1.54, 1.807) is 0 Å². The molecule has 0 amide bonds. The molecule has 0 spiro atoms. The summed E-state index contributed by atoms with van der Waals surface area (Å²) in [6.45, 7) is 8.12. The first kappa shape index (κ1) is 13.3. The largest absolute Gasteiger partial charge is 0.399 e. The summed E-state index contributed by atoms with van der Waals surface area (Å²) in [5, 5.41) is 8.73. The molecule has 0 saturated carbocycles. The van der Waals surface area contributed by atoms with Gasteiger partial charge in [-0.1, -0.05) is 17.7 Å². The van der Waals surface area contributed by atoms with Crippen LogP contribution < -0.4 is 5.73 Å². The zero-order valence-corrected chi connectivity index (χ0v) is 11.9. The van der Waals surface area contributed by atoms with Crippen molar-refractivity contribution in [3.63, 3.8) is 0 Å². The van der Waals surface area contributed by atoms with Crippen LogP contribution in [-0.4, -0.2) is 0 Å². The molecular formula is C16H19N3.